The molecule has 0 saturated heterocycles. The van der Waals surface area contributed by atoms with Gasteiger partial charge in [0, 0.05) is 12.3 Å². The van der Waals surface area contributed by atoms with E-state index in [4.69, 9.17) is 9.15 Å². The number of anilines is 2. The molecule has 0 unspecified atom stereocenters. The first kappa shape index (κ1) is 23.0. The van der Waals surface area contributed by atoms with Crippen LogP contribution in [-0.2, 0) is 27.1 Å². The number of halogens is 3. The maximum absolute atomic E-state index is 13.0. The van der Waals surface area contributed by atoms with E-state index >= 15 is 0 Å². The predicted octanol–water partition coefficient (Wildman–Crippen LogP) is 3.91. The minimum Gasteiger partial charge on any atom is -0.459 e. The van der Waals surface area contributed by atoms with E-state index in [2.05, 4.69) is 10.3 Å². The summed E-state index contributed by atoms with van der Waals surface area (Å²) in [4.78, 5) is 40.9. The molecule has 1 N–H and O–H groups in total. The Morgan fingerprint density at radius 1 is 1.22 bits per heavy atom. The number of esters is 1. The Kier molecular flexibility index (Phi) is 6.93. The van der Waals surface area contributed by atoms with Crippen LogP contribution in [0, 0.1) is 0 Å². The lowest BCUT2D eigenvalue weighted by Crippen LogP contribution is -2.30. The van der Waals surface area contributed by atoms with Crippen LogP contribution in [-0.4, -0.2) is 29.3 Å². The molecule has 8 nitrogen and oxygen atoms in total. The average molecular weight is 467 g/mol. The van der Waals surface area contributed by atoms with Crippen LogP contribution in [0.15, 0.2) is 52.5 Å². The zero-order valence-corrected chi connectivity index (χ0v) is 17.3. The third kappa shape index (κ3) is 5.72. The van der Waals surface area contributed by atoms with Gasteiger partial charge in [-0.3, -0.25) is 19.3 Å². The molecule has 2 amide bonds. The number of amides is 2. The lowest BCUT2D eigenvalue weighted by molar-refractivity contribution is -0.143. The van der Waals surface area contributed by atoms with Gasteiger partial charge in [-0.2, -0.15) is 13.2 Å². The molecule has 0 bridgehead atoms. The van der Waals surface area contributed by atoms with Crippen LogP contribution in [0.2, 0.25) is 0 Å². The maximum Gasteiger partial charge on any atom is 0.416 e. The first-order chi connectivity index (χ1) is 15.1. The summed E-state index contributed by atoms with van der Waals surface area (Å²) in [6.45, 7) is 0.545. The third-order valence-electron chi connectivity index (χ3n) is 4.00. The van der Waals surface area contributed by atoms with Gasteiger partial charge in [-0.05, 0) is 30.3 Å². The summed E-state index contributed by atoms with van der Waals surface area (Å²) < 4.78 is 49.0. The van der Waals surface area contributed by atoms with Gasteiger partial charge in [0.15, 0.2) is 10.9 Å². The van der Waals surface area contributed by atoms with Gasteiger partial charge in [0.25, 0.3) is 5.91 Å². The number of aromatic nitrogens is 1. The number of carbonyl (C=O) groups is 3. The molecule has 2 aromatic heterocycles. The summed E-state index contributed by atoms with van der Waals surface area (Å²) in [5.41, 5.74) is -0.608. The van der Waals surface area contributed by atoms with Crippen molar-refractivity contribution in [2.45, 2.75) is 19.7 Å². The molecular weight excluding hydrogens is 451 g/mol. The zero-order chi connectivity index (χ0) is 23.3. The largest absolute Gasteiger partial charge is 0.459 e. The van der Waals surface area contributed by atoms with Crippen LogP contribution in [0.25, 0.3) is 0 Å². The standard InChI is InChI=1S/C20H16F3N3O5S/c1-12(27)26(15-5-2-4-13(8-15)20(21,22)23)19-25-14(11-32-19)10-31-17(28)9-24-18(29)16-6-3-7-30-16/h2-8,11H,9-10H2,1H3,(H,24,29). The van der Waals surface area contributed by atoms with E-state index in [1.54, 1.807) is 0 Å². The van der Waals surface area contributed by atoms with E-state index in [9.17, 15) is 27.6 Å². The van der Waals surface area contributed by atoms with Crippen molar-refractivity contribution in [1.82, 2.24) is 10.3 Å². The van der Waals surface area contributed by atoms with Crippen molar-refractivity contribution in [2.24, 2.45) is 0 Å². The smallest absolute Gasteiger partial charge is 0.416 e. The number of hydrogen-bond acceptors (Lipinski definition) is 7. The molecule has 2 heterocycles. The van der Waals surface area contributed by atoms with E-state index in [0.717, 1.165) is 28.4 Å². The molecule has 0 spiro atoms. The molecule has 0 saturated carbocycles. The van der Waals surface area contributed by atoms with Crippen molar-refractivity contribution in [3.05, 3.63) is 65.1 Å². The molecule has 0 atom stereocenters. The second kappa shape index (κ2) is 9.64. The number of hydrogen-bond donors (Lipinski definition) is 1. The summed E-state index contributed by atoms with van der Waals surface area (Å²) in [5.74, 6) is -1.81. The highest BCUT2D eigenvalue weighted by atomic mass is 32.1. The van der Waals surface area contributed by atoms with E-state index in [1.807, 2.05) is 0 Å². The summed E-state index contributed by atoms with van der Waals surface area (Å²) in [5, 5.41) is 3.96. The van der Waals surface area contributed by atoms with Gasteiger partial charge in [0.2, 0.25) is 5.91 Å². The minimum atomic E-state index is -4.56. The Hall–Kier alpha value is -3.67. The van der Waals surface area contributed by atoms with E-state index in [-0.39, 0.29) is 28.9 Å². The quantitative estimate of drug-likeness (QED) is 0.529. The molecule has 0 fully saturated rings. The second-order valence-corrected chi connectivity index (χ2v) is 7.18. The number of rotatable bonds is 7. The molecule has 168 valence electrons. The third-order valence-corrected chi connectivity index (χ3v) is 4.87. The van der Waals surface area contributed by atoms with Gasteiger partial charge in [-0.15, -0.1) is 11.3 Å². The van der Waals surface area contributed by atoms with E-state index in [1.165, 1.54) is 42.8 Å². The molecule has 12 heteroatoms. The molecule has 0 aliphatic rings. The molecular formula is C20H16F3N3O5S. The zero-order valence-electron chi connectivity index (χ0n) is 16.5. The normalized spacial score (nSPS) is 11.1. The first-order valence-electron chi connectivity index (χ1n) is 9.05. The topological polar surface area (TPSA) is 102 Å². The fourth-order valence-electron chi connectivity index (χ4n) is 2.57. The lowest BCUT2D eigenvalue weighted by atomic mass is 10.2. The van der Waals surface area contributed by atoms with Gasteiger partial charge in [0.05, 0.1) is 23.2 Å². The Bertz CT molecular complexity index is 1110. The Balaban J connectivity index is 1.62. The molecule has 0 aliphatic carbocycles. The monoisotopic (exact) mass is 467 g/mol. The minimum absolute atomic E-state index is 0.00542. The molecule has 3 aromatic rings. The summed E-state index contributed by atoms with van der Waals surface area (Å²) >= 11 is 1.00. The van der Waals surface area contributed by atoms with Crippen molar-refractivity contribution >= 4 is 39.9 Å². The number of furan rings is 1. The molecule has 1 aromatic carbocycles. The van der Waals surface area contributed by atoms with Gasteiger partial charge in [-0.1, -0.05) is 6.07 Å². The van der Waals surface area contributed by atoms with Crippen molar-refractivity contribution in [1.29, 1.82) is 0 Å². The first-order valence-corrected chi connectivity index (χ1v) is 9.93. The van der Waals surface area contributed by atoms with Crippen LogP contribution < -0.4 is 10.2 Å². The molecule has 0 aliphatic heterocycles. The number of ether oxygens (including phenoxy) is 1. The highest BCUT2D eigenvalue weighted by Gasteiger charge is 2.31. The number of thiazole rings is 1. The van der Waals surface area contributed by atoms with Crippen molar-refractivity contribution < 1.29 is 36.7 Å². The number of benzene rings is 1. The van der Waals surface area contributed by atoms with Gasteiger partial charge < -0.3 is 14.5 Å². The summed E-state index contributed by atoms with van der Waals surface area (Å²) in [6, 6.07) is 7.27. The lowest BCUT2D eigenvalue weighted by Gasteiger charge is -2.19. The van der Waals surface area contributed by atoms with Crippen LogP contribution in [0.3, 0.4) is 0 Å². The number of alkyl halides is 3. The number of nitrogens with one attached hydrogen (secondary N) is 1. The number of nitrogens with zero attached hydrogens (tertiary/aromatic N) is 2. The summed E-state index contributed by atoms with van der Waals surface area (Å²) in [6.07, 6.45) is -3.25. The highest BCUT2D eigenvalue weighted by molar-refractivity contribution is 7.14. The van der Waals surface area contributed by atoms with Crippen LogP contribution >= 0.6 is 11.3 Å². The Morgan fingerprint density at radius 2 is 2.00 bits per heavy atom. The van der Waals surface area contributed by atoms with E-state index in [0.29, 0.717) is 0 Å². The highest BCUT2D eigenvalue weighted by Crippen LogP contribution is 2.34. The van der Waals surface area contributed by atoms with Crippen molar-refractivity contribution in [2.75, 3.05) is 11.4 Å². The fourth-order valence-corrected chi connectivity index (χ4v) is 3.44. The second-order valence-electron chi connectivity index (χ2n) is 6.34. The fraction of sp³-hybridized carbons (Fsp3) is 0.200. The molecule has 32 heavy (non-hydrogen) atoms. The van der Waals surface area contributed by atoms with Crippen LogP contribution in [0.5, 0.6) is 0 Å². The van der Waals surface area contributed by atoms with Crippen molar-refractivity contribution in [3.63, 3.8) is 0 Å². The van der Waals surface area contributed by atoms with E-state index < -0.39 is 36.1 Å². The molecule has 0 radical (unpaired) electrons. The Labute approximate surface area is 183 Å². The Morgan fingerprint density at radius 3 is 2.66 bits per heavy atom. The number of carbonyl (C=O) groups excluding carboxylic acids is 3. The SMILES string of the molecule is CC(=O)N(c1cccc(C(F)(F)F)c1)c1nc(COC(=O)CNC(=O)c2ccco2)cs1. The predicted molar refractivity (Wildman–Crippen MR) is 107 cm³/mol. The van der Waals surface area contributed by atoms with Crippen LogP contribution in [0.4, 0.5) is 24.0 Å². The summed E-state index contributed by atoms with van der Waals surface area (Å²) in [7, 11) is 0. The van der Waals surface area contributed by atoms with Gasteiger partial charge in [0.1, 0.15) is 13.2 Å². The van der Waals surface area contributed by atoms with Crippen molar-refractivity contribution in [3.8, 4) is 0 Å². The van der Waals surface area contributed by atoms with Crippen LogP contribution in [0.1, 0.15) is 28.7 Å². The van der Waals surface area contributed by atoms with Gasteiger partial charge >= 0.3 is 12.1 Å². The van der Waals surface area contributed by atoms with Gasteiger partial charge in [-0.25, -0.2) is 4.98 Å². The maximum atomic E-state index is 13.0. The average Bonchev–Trinajstić information content (AvgIpc) is 3.42. The molecule has 3 rings (SSSR count).